The van der Waals surface area contributed by atoms with Crippen LogP contribution in [0, 0.1) is 13.8 Å². The van der Waals surface area contributed by atoms with Gasteiger partial charge in [0.1, 0.15) is 0 Å². The standard InChI is InChI=1S/C17H18N2O2S3/c1-12-7-8-16-15(11-12)18-17(23-16)22-9-10-24(20,21)19-14-6-4-3-5-13(14)2/h3-8,11,19H,9-10H2,1-2H3. The Morgan fingerprint density at radius 2 is 1.96 bits per heavy atom. The van der Waals surface area contributed by atoms with Gasteiger partial charge in [-0.25, -0.2) is 13.4 Å². The number of aryl methyl sites for hydroxylation is 2. The van der Waals surface area contributed by atoms with Crippen molar-refractivity contribution in [1.29, 1.82) is 0 Å². The van der Waals surface area contributed by atoms with Crippen LogP contribution >= 0.6 is 23.1 Å². The molecule has 0 unspecified atom stereocenters. The van der Waals surface area contributed by atoms with Gasteiger partial charge in [0, 0.05) is 5.75 Å². The Hall–Kier alpha value is -1.57. The smallest absolute Gasteiger partial charge is 0.233 e. The molecule has 2 aromatic carbocycles. The summed E-state index contributed by atoms with van der Waals surface area (Å²) in [6, 6.07) is 13.5. The van der Waals surface area contributed by atoms with E-state index in [0.29, 0.717) is 11.4 Å². The molecule has 0 spiro atoms. The van der Waals surface area contributed by atoms with E-state index in [0.717, 1.165) is 20.1 Å². The van der Waals surface area contributed by atoms with E-state index in [9.17, 15) is 8.42 Å². The van der Waals surface area contributed by atoms with Crippen LogP contribution in [-0.2, 0) is 10.0 Å². The minimum absolute atomic E-state index is 0.0565. The molecule has 0 fully saturated rings. The number of anilines is 1. The van der Waals surface area contributed by atoms with Crippen LogP contribution in [0.2, 0.25) is 0 Å². The molecule has 0 amide bonds. The van der Waals surface area contributed by atoms with Crippen LogP contribution in [0.15, 0.2) is 46.8 Å². The van der Waals surface area contributed by atoms with Crippen molar-refractivity contribution in [2.75, 3.05) is 16.2 Å². The van der Waals surface area contributed by atoms with Crippen LogP contribution in [0.4, 0.5) is 5.69 Å². The molecule has 0 aliphatic heterocycles. The van der Waals surface area contributed by atoms with E-state index in [-0.39, 0.29) is 5.75 Å². The highest BCUT2D eigenvalue weighted by Gasteiger charge is 2.13. The third-order valence-corrected chi connectivity index (χ3v) is 7.22. The van der Waals surface area contributed by atoms with Crippen molar-refractivity contribution in [1.82, 2.24) is 4.98 Å². The van der Waals surface area contributed by atoms with Crippen LogP contribution in [0.5, 0.6) is 0 Å². The van der Waals surface area contributed by atoms with Crippen molar-refractivity contribution in [2.24, 2.45) is 0 Å². The molecule has 4 nitrogen and oxygen atoms in total. The molecule has 3 aromatic rings. The molecular formula is C17H18N2O2S3. The number of thioether (sulfide) groups is 1. The highest BCUT2D eigenvalue weighted by Crippen LogP contribution is 2.30. The fraction of sp³-hybridized carbons (Fsp3) is 0.235. The van der Waals surface area contributed by atoms with Gasteiger partial charge in [-0.1, -0.05) is 36.0 Å². The van der Waals surface area contributed by atoms with Gasteiger partial charge in [-0.05, 0) is 43.2 Å². The fourth-order valence-electron chi connectivity index (χ4n) is 2.22. The van der Waals surface area contributed by atoms with Crippen molar-refractivity contribution in [3.8, 4) is 0 Å². The lowest BCUT2D eigenvalue weighted by Gasteiger charge is -2.09. The zero-order valence-electron chi connectivity index (χ0n) is 13.4. The molecule has 1 aromatic heterocycles. The van der Waals surface area contributed by atoms with E-state index in [4.69, 9.17) is 0 Å². The topological polar surface area (TPSA) is 59.1 Å². The average molecular weight is 379 g/mol. The molecule has 126 valence electrons. The molecule has 7 heteroatoms. The molecule has 0 atom stereocenters. The molecule has 24 heavy (non-hydrogen) atoms. The van der Waals surface area contributed by atoms with Gasteiger partial charge in [0.25, 0.3) is 0 Å². The third-order valence-electron chi connectivity index (χ3n) is 3.51. The summed E-state index contributed by atoms with van der Waals surface area (Å²) in [7, 11) is -3.36. The van der Waals surface area contributed by atoms with E-state index in [1.54, 1.807) is 17.4 Å². The van der Waals surface area contributed by atoms with Crippen molar-refractivity contribution in [2.45, 2.75) is 18.2 Å². The summed E-state index contributed by atoms with van der Waals surface area (Å²) in [4.78, 5) is 4.56. The lowest BCUT2D eigenvalue weighted by atomic mass is 10.2. The molecule has 0 aliphatic rings. The first-order valence-electron chi connectivity index (χ1n) is 7.49. The minimum Gasteiger partial charge on any atom is -0.283 e. The maximum absolute atomic E-state index is 12.2. The van der Waals surface area contributed by atoms with Gasteiger partial charge in [0.15, 0.2) is 4.34 Å². The van der Waals surface area contributed by atoms with Gasteiger partial charge in [-0.15, -0.1) is 11.3 Å². The van der Waals surface area contributed by atoms with Crippen LogP contribution in [-0.4, -0.2) is 24.9 Å². The van der Waals surface area contributed by atoms with Crippen molar-refractivity contribution in [3.05, 3.63) is 53.6 Å². The quantitative estimate of drug-likeness (QED) is 0.644. The number of nitrogens with zero attached hydrogens (tertiary/aromatic N) is 1. The lowest BCUT2D eigenvalue weighted by molar-refractivity contribution is 0.602. The van der Waals surface area contributed by atoms with Crippen molar-refractivity contribution in [3.63, 3.8) is 0 Å². The molecule has 0 saturated heterocycles. The predicted molar refractivity (Wildman–Crippen MR) is 104 cm³/mol. The first-order chi connectivity index (χ1) is 11.4. The number of benzene rings is 2. The number of thiazole rings is 1. The lowest BCUT2D eigenvalue weighted by Crippen LogP contribution is -2.18. The number of rotatable bonds is 6. The zero-order chi connectivity index (χ0) is 17.2. The second-order valence-corrected chi connectivity index (χ2v) is 9.75. The molecule has 0 saturated carbocycles. The Bertz CT molecular complexity index is 965. The summed E-state index contributed by atoms with van der Waals surface area (Å²) in [5, 5.41) is 0. The molecule has 0 bridgehead atoms. The average Bonchev–Trinajstić information content (AvgIpc) is 2.91. The molecular weight excluding hydrogens is 360 g/mol. The summed E-state index contributed by atoms with van der Waals surface area (Å²) in [6.45, 7) is 3.92. The normalized spacial score (nSPS) is 11.8. The maximum Gasteiger partial charge on any atom is 0.233 e. The number of hydrogen-bond donors (Lipinski definition) is 1. The number of sulfonamides is 1. The van der Waals surface area contributed by atoms with Gasteiger partial charge in [-0.3, -0.25) is 4.72 Å². The van der Waals surface area contributed by atoms with E-state index in [1.165, 1.54) is 17.3 Å². The maximum atomic E-state index is 12.2. The Morgan fingerprint density at radius 3 is 2.75 bits per heavy atom. The Morgan fingerprint density at radius 1 is 1.17 bits per heavy atom. The zero-order valence-corrected chi connectivity index (χ0v) is 15.9. The third kappa shape index (κ3) is 4.28. The summed E-state index contributed by atoms with van der Waals surface area (Å²) in [5.41, 5.74) is 3.70. The Kier molecular flexibility index (Phi) is 5.12. The number of para-hydroxylation sites is 1. The SMILES string of the molecule is Cc1ccc2sc(SCCS(=O)(=O)Nc3ccccc3C)nc2c1. The van der Waals surface area contributed by atoms with E-state index < -0.39 is 10.0 Å². The molecule has 0 radical (unpaired) electrons. The summed E-state index contributed by atoms with van der Waals surface area (Å²) in [6.07, 6.45) is 0. The van der Waals surface area contributed by atoms with E-state index in [1.807, 2.05) is 38.1 Å². The number of hydrogen-bond acceptors (Lipinski definition) is 5. The van der Waals surface area contributed by atoms with Crippen LogP contribution in [0.3, 0.4) is 0 Å². The number of aromatic nitrogens is 1. The second kappa shape index (κ2) is 7.13. The molecule has 1 heterocycles. The van der Waals surface area contributed by atoms with Crippen molar-refractivity contribution < 1.29 is 8.42 Å². The van der Waals surface area contributed by atoms with E-state index in [2.05, 4.69) is 21.8 Å². The minimum atomic E-state index is -3.36. The number of fused-ring (bicyclic) bond motifs is 1. The van der Waals surface area contributed by atoms with Gasteiger partial charge in [0.2, 0.25) is 10.0 Å². The van der Waals surface area contributed by atoms with Gasteiger partial charge >= 0.3 is 0 Å². The summed E-state index contributed by atoms with van der Waals surface area (Å²) < 4.78 is 29.1. The first-order valence-corrected chi connectivity index (χ1v) is 10.9. The van der Waals surface area contributed by atoms with Gasteiger partial charge < -0.3 is 0 Å². The van der Waals surface area contributed by atoms with Crippen LogP contribution in [0.25, 0.3) is 10.2 Å². The first kappa shape index (κ1) is 17.3. The summed E-state index contributed by atoms with van der Waals surface area (Å²) >= 11 is 3.08. The fourth-order valence-corrected chi connectivity index (χ4v) is 5.87. The van der Waals surface area contributed by atoms with Crippen LogP contribution < -0.4 is 4.72 Å². The van der Waals surface area contributed by atoms with E-state index >= 15 is 0 Å². The Labute approximate surface area is 150 Å². The second-order valence-electron chi connectivity index (χ2n) is 5.54. The molecule has 0 aliphatic carbocycles. The summed E-state index contributed by atoms with van der Waals surface area (Å²) in [5.74, 6) is 0.529. The Balaban J connectivity index is 1.61. The van der Waals surface area contributed by atoms with Crippen LogP contribution in [0.1, 0.15) is 11.1 Å². The highest BCUT2D eigenvalue weighted by molar-refractivity contribution is 8.02. The predicted octanol–water partition coefficient (Wildman–Crippen LogP) is 4.45. The monoisotopic (exact) mass is 378 g/mol. The highest BCUT2D eigenvalue weighted by atomic mass is 32.2. The van der Waals surface area contributed by atoms with Crippen molar-refractivity contribution >= 4 is 49.0 Å². The molecule has 3 rings (SSSR count). The van der Waals surface area contributed by atoms with Gasteiger partial charge in [-0.2, -0.15) is 0 Å². The van der Waals surface area contributed by atoms with Gasteiger partial charge in [0.05, 0.1) is 21.7 Å². The molecule has 1 N–H and O–H groups in total. The largest absolute Gasteiger partial charge is 0.283 e. The number of nitrogens with one attached hydrogen (secondary N) is 1.